The summed E-state index contributed by atoms with van der Waals surface area (Å²) in [6.45, 7) is 0.976. The molecule has 0 heterocycles. The van der Waals surface area contributed by atoms with Crippen molar-refractivity contribution in [3.8, 4) is 0 Å². The molecule has 0 bridgehead atoms. The smallest absolute Gasteiger partial charge is 0.0636 e. The third-order valence-electron chi connectivity index (χ3n) is 4.59. The molecule has 3 heteroatoms. The molecule has 3 rings (SSSR count). The minimum atomic E-state index is -0.147. The van der Waals surface area contributed by atoms with E-state index in [-0.39, 0.29) is 6.10 Å². The van der Waals surface area contributed by atoms with Gasteiger partial charge >= 0.3 is 0 Å². The van der Waals surface area contributed by atoms with E-state index < -0.39 is 0 Å². The topological polar surface area (TPSA) is 32.3 Å². The third-order valence-corrected chi connectivity index (χ3v) is 5.73. The summed E-state index contributed by atoms with van der Waals surface area (Å²) < 4.78 is 0. The van der Waals surface area contributed by atoms with Crippen LogP contribution in [0.3, 0.4) is 0 Å². The molecular formula is C18H27NOS. The lowest BCUT2D eigenvalue weighted by Crippen LogP contribution is -2.15. The first-order valence-corrected chi connectivity index (χ1v) is 9.41. The van der Waals surface area contributed by atoms with Crippen LogP contribution in [-0.2, 0) is 6.54 Å². The van der Waals surface area contributed by atoms with E-state index in [0.717, 1.165) is 30.7 Å². The van der Waals surface area contributed by atoms with Crippen molar-refractivity contribution in [2.75, 3.05) is 5.75 Å². The summed E-state index contributed by atoms with van der Waals surface area (Å²) >= 11 is 1.80. The number of benzene rings is 1. The normalized spacial score (nSPS) is 20.8. The van der Waals surface area contributed by atoms with E-state index in [4.69, 9.17) is 0 Å². The van der Waals surface area contributed by atoms with Gasteiger partial charge in [0.2, 0.25) is 0 Å². The van der Waals surface area contributed by atoms with Gasteiger partial charge in [-0.15, -0.1) is 11.8 Å². The summed E-state index contributed by atoms with van der Waals surface area (Å²) in [4.78, 5) is 1.29. The van der Waals surface area contributed by atoms with Gasteiger partial charge in [-0.1, -0.05) is 37.8 Å². The lowest BCUT2D eigenvalue weighted by molar-refractivity contribution is 0.166. The number of thioether (sulfide) groups is 1. The van der Waals surface area contributed by atoms with Crippen LogP contribution in [0.5, 0.6) is 0 Å². The summed E-state index contributed by atoms with van der Waals surface area (Å²) in [7, 11) is 0. The van der Waals surface area contributed by atoms with E-state index in [1.54, 1.807) is 11.8 Å². The van der Waals surface area contributed by atoms with Gasteiger partial charge in [0, 0.05) is 23.2 Å². The second-order valence-corrected chi connectivity index (χ2v) is 7.75. The van der Waals surface area contributed by atoms with Crippen LogP contribution in [0, 0.1) is 5.92 Å². The summed E-state index contributed by atoms with van der Waals surface area (Å²) in [5, 5.41) is 13.7. The molecule has 0 spiro atoms. The molecule has 116 valence electrons. The van der Waals surface area contributed by atoms with Gasteiger partial charge in [0.05, 0.1) is 6.10 Å². The average Bonchev–Trinajstić information content (AvgIpc) is 3.20. The van der Waals surface area contributed by atoms with Gasteiger partial charge in [0.25, 0.3) is 0 Å². The maximum Gasteiger partial charge on any atom is 0.0636 e. The van der Waals surface area contributed by atoms with Crippen LogP contribution in [0.15, 0.2) is 29.2 Å². The molecular weight excluding hydrogens is 278 g/mol. The highest BCUT2D eigenvalue weighted by Crippen LogP contribution is 2.30. The Balaban J connectivity index is 1.41. The highest BCUT2D eigenvalue weighted by molar-refractivity contribution is 7.99. The Morgan fingerprint density at radius 3 is 2.76 bits per heavy atom. The van der Waals surface area contributed by atoms with Crippen LogP contribution >= 0.6 is 11.8 Å². The van der Waals surface area contributed by atoms with Crippen LogP contribution in [0.4, 0.5) is 0 Å². The number of hydrogen-bond donors (Lipinski definition) is 2. The average molecular weight is 305 g/mol. The summed E-state index contributed by atoms with van der Waals surface area (Å²) in [5.41, 5.74) is 1.36. The van der Waals surface area contributed by atoms with Gasteiger partial charge in [-0.3, -0.25) is 0 Å². The van der Waals surface area contributed by atoms with E-state index in [1.807, 2.05) is 0 Å². The molecule has 2 aliphatic rings. The monoisotopic (exact) mass is 305 g/mol. The Kier molecular flexibility index (Phi) is 5.61. The SMILES string of the molecule is OC(CSc1cccc(CNC2CC2)c1)CC1CCCC1. The highest BCUT2D eigenvalue weighted by atomic mass is 32.2. The molecule has 0 amide bonds. The van der Waals surface area contributed by atoms with Crippen molar-refractivity contribution in [2.45, 2.75) is 68.5 Å². The lowest BCUT2D eigenvalue weighted by Gasteiger charge is -2.15. The van der Waals surface area contributed by atoms with E-state index in [2.05, 4.69) is 29.6 Å². The molecule has 2 saturated carbocycles. The number of aliphatic hydroxyl groups is 1. The minimum Gasteiger partial charge on any atom is -0.392 e. The first kappa shape index (κ1) is 15.4. The molecule has 1 atom stereocenters. The maximum absolute atomic E-state index is 10.2. The second-order valence-electron chi connectivity index (χ2n) is 6.65. The molecule has 0 aliphatic heterocycles. The van der Waals surface area contributed by atoms with Crippen LogP contribution in [0.25, 0.3) is 0 Å². The molecule has 0 radical (unpaired) electrons. The Labute approximate surface area is 132 Å². The van der Waals surface area contributed by atoms with Crippen molar-refractivity contribution in [2.24, 2.45) is 5.92 Å². The zero-order valence-electron chi connectivity index (χ0n) is 12.8. The van der Waals surface area contributed by atoms with Crippen molar-refractivity contribution in [1.82, 2.24) is 5.32 Å². The Morgan fingerprint density at radius 2 is 2.00 bits per heavy atom. The largest absolute Gasteiger partial charge is 0.392 e. The maximum atomic E-state index is 10.2. The number of rotatable bonds is 8. The van der Waals surface area contributed by atoms with Crippen LogP contribution in [0.1, 0.15) is 50.5 Å². The van der Waals surface area contributed by atoms with Crippen LogP contribution in [-0.4, -0.2) is 23.0 Å². The van der Waals surface area contributed by atoms with Crippen molar-refractivity contribution >= 4 is 11.8 Å². The predicted octanol–water partition coefficient (Wildman–Crippen LogP) is 3.97. The van der Waals surface area contributed by atoms with E-state index in [1.165, 1.54) is 49.0 Å². The van der Waals surface area contributed by atoms with Crippen molar-refractivity contribution in [3.63, 3.8) is 0 Å². The molecule has 21 heavy (non-hydrogen) atoms. The van der Waals surface area contributed by atoms with Gasteiger partial charge < -0.3 is 10.4 Å². The van der Waals surface area contributed by atoms with Gasteiger partial charge in [0.1, 0.15) is 0 Å². The van der Waals surface area contributed by atoms with Crippen molar-refractivity contribution in [1.29, 1.82) is 0 Å². The van der Waals surface area contributed by atoms with Gasteiger partial charge in [-0.05, 0) is 42.9 Å². The molecule has 1 aromatic carbocycles. The van der Waals surface area contributed by atoms with Gasteiger partial charge in [0.15, 0.2) is 0 Å². The molecule has 2 aliphatic carbocycles. The zero-order chi connectivity index (χ0) is 14.5. The van der Waals surface area contributed by atoms with Crippen molar-refractivity contribution in [3.05, 3.63) is 29.8 Å². The minimum absolute atomic E-state index is 0.147. The fraction of sp³-hybridized carbons (Fsp3) is 0.667. The lowest BCUT2D eigenvalue weighted by atomic mass is 10.0. The molecule has 0 saturated heterocycles. The van der Waals surface area contributed by atoms with Gasteiger partial charge in [-0.25, -0.2) is 0 Å². The van der Waals surface area contributed by atoms with Crippen LogP contribution in [0.2, 0.25) is 0 Å². The quantitative estimate of drug-likeness (QED) is 0.713. The second kappa shape index (κ2) is 7.66. The Morgan fingerprint density at radius 1 is 1.19 bits per heavy atom. The first-order chi connectivity index (χ1) is 10.3. The fourth-order valence-electron chi connectivity index (χ4n) is 3.19. The summed E-state index contributed by atoms with van der Waals surface area (Å²) in [6, 6.07) is 9.51. The fourth-order valence-corrected chi connectivity index (χ4v) is 4.12. The van der Waals surface area contributed by atoms with Crippen molar-refractivity contribution < 1.29 is 5.11 Å². The van der Waals surface area contributed by atoms with Gasteiger partial charge in [-0.2, -0.15) is 0 Å². The van der Waals surface area contributed by atoms with E-state index >= 15 is 0 Å². The summed E-state index contributed by atoms with van der Waals surface area (Å²) in [6.07, 6.45) is 8.89. The predicted molar refractivity (Wildman–Crippen MR) is 89.6 cm³/mol. The molecule has 2 nitrogen and oxygen atoms in total. The Hall–Kier alpha value is -0.510. The standard InChI is InChI=1S/C18H27NOS/c20-17(10-14-4-1-2-5-14)13-21-18-7-3-6-15(11-18)12-19-16-8-9-16/h3,6-7,11,14,16-17,19-20H,1-2,4-5,8-10,12-13H2. The molecule has 2 N–H and O–H groups in total. The molecule has 0 aromatic heterocycles. The Bertz CT molecular complexity index is 441. The van der Waals surface area contributed by atoms with E-state index in [0.29, 0.717) is 0 Å². The zero-order valence-corrected chi connectivity index (χ0v) is 13.6. The molecule has 1 unspecified atom stereocenters. The number of nitrogens with one attached hydrogen (secondary N) is 1. The van der Waals surface area contributed by atoms with Crippen LogP contribution < -0.4 is 5.32 Å². The first-order valence-electron chi connectivity index (χ1n) is 8.43. The highest BCUT2D eigenvalue weighted by Gasteiger charge is 2.20. The summed E-state index contributed by atoms with van der Waals surface area (Å²) in [5.74, 6) is 1.60. The molecule has 2 fully saturated rings. The molecule has 1 aromatic rings. The third kappa shape index (κ3) is 5.32. The number of hydrogen-bond acceptors (Lipinski definition) is 3. The van der Waals surface area contributed by atoms with E-state index in [9.17, 15) is 5.11 Å². The number of aliphatic hydroxyl groups excluding tert-OH is 1.